The lowest BCUT2D eigenvalue weighted by molar-refractivity contribution is -0.161. The SMILES string of the molecule is CCCCC/C=C\C/C=C\CCCCCCCCCCCC(=O)OC(CO)COC(=O)CCCCCCCCCCCCCCCCCCCCC/C=C\CCCCCCCCCC. The third-order valence-electron chi connectivity index (χ3n) is 12.9. The minimum Gasteiger partial charge on any atom is -0.462 e. The number of allylic oxidation sites excluding steroid dienone is 6. The van der Waals surface area contributed by atoms with Crippen molar-refractivity contribution < 1.29 is 24.2 Å². The molecule has 5 nitrogen and oxygen atoms in total. The second-order valence-electron chi connectivity index (χ2n) is 19.4. The number of unbranched alkanes of at least 4 members (excludes halogenated alkanes) is 39. The molecule has 1 unspecified atom stereocenters. The van der Waals surface area contributed by atoms with E-state index in [0.29, 0.717) is 12.8 Å². The van der Waals surface area contributed by atoms with E-state index in [4.69, 9.17) is 9.47 Å². The van der Waals surface area contributed by atoms with Gasteiger partial charge in [0.05, 0.1) is 6.61 Å². The molecule has 0 aromatic heterocycles. The van der Waals surface area contributed by atoms with Crippen molar-refractivity contribution in [3.8, 4) is 0 Å². The van der Waals surface area contributed by atoms with Crippen molar-refractivity contribution in [1.82, 2.24) is 0 Å². The molecule has 0 amide bonds. The van der Waals surface area contributed by atoms with Gasteiger partial charge in [-0.25, -0.2) is 0 Å². The maximum Gasteiger partial charge on any atom is 0.306 e. The topological polar surface area (TPSA) is 72.8 Å². The van der Waals surface area contributed by atoms with Crippen molar-refractivity contribution in [3.63, 3.8) is 0 Å². The number of aliphatic hydroxyl groups excluding tert-OH is 1. The maximum absolute atomic E-state index is 12.3. The molecule has 0 aliphatic rings. The molecule has 1 N–H and O–H groups in total. The highest BCUT2D eigenvalue weighted by atomic mass is 16.6. The molecule has 1 atom stereocenters. The molecular weight excluding hydrogens is 789 g/mol. The highest BCUT2D eigenvalue weighted by Crippen LogP contribution is 2.17. The molecule has 376 valence electrons. The molecule has 0 saturated carbocycles. The smallest absolute Gasteiger partial charge is 0.306 e. The largest absolute Gasteiger partial charge is 0.462 e. The van der Waals surface area contributed by atoms with E-state index in [1.165, 1.54) is 238 Å². The quantitative estimate of drug-likeness (QED) is 0.0374. The highest BCUT2D eigenvalue weighted by Gasteiger charge is 2.16. The highest BCUT2D eigenvalue weighted by molar-refractivity contribution is 5.70. The molecule has 0 fully saturated rings. The van der Waals surface area contributed by atoms with E-state index in [-0.39, 0.29) is 25.2 Å². The predicted molar refractivity (Wildman–Crippen MR) is 279 cm³/mol. The van der Waals surface area contributed by atoms with Crippen molar-refractivity contribution in [2.45, 2.75) is 315 Å². The molecule has 0 aromatic rings. The van der Waals surface area contributed by atoms with Crippen molar-refractivity contribution >= 4 is 11.9 Å². The molecule has 0 aliphatic carbocycles. The predicted octanol–water partition coefficient (Wildman–Crippen LogP) is 19.1. The van der Waals surface area contributed by atoms with Crippen LogP contribution in [0.5, 0.6) is 0 Å². The molecule has 0 heterocycles. The summed E-state index contributed by atoms with van der Waals surface area (Å²) in [6.45, 7) is 4.15. The van der Waals surface area contributed by atoms with E-state index in [1.807, 2.05) is 0 Å². The van der Waals surface area contributed by atoms with Gasteiger partial charge in [-0.15, -0.1) is 0 Å². The number of carbonyl (C=O) groups excluding carboxylic acids is 2. The summed E-state index contributed by atoms with van der Waals surface area (Å²) < 4.78 is 10.7. The van der Waals surface area contributed by atoms with Gasteiger partial charge in [-0.2, -0.15) is 0 Å². The molecule has 0 radical (unpaired) electrons. The first kappa shape index (κ1) is 62.1. The van der Waals surface area contributed by atoms with Gasteiger partial charge in [0.25, 0.3) is 0 Å². The van der Waals surface area contributed by atoms with Crippen molar-refractivity contribution in [2.24, 2.45) is 0 Å². The Labute approximate surface area is 399 Å². The Morgan fingerprint density at radius 3 is 0.969 bits per heavy atom. The van der Waals surface area contributed by atoms with Gasteiger partial charge in [0.2, 0.25) is 0 Å². The Kier molecular flexibility index (Phi) is 53.8. The summed E-state index contributed by atoms with van der Waals surface area (Å²) in [4.78, 5) is 24.5. The van der Waals surface area contributed by atoms with E-state index < -0.39 is 6.10 Å². The second-order valence-corrected chi connectivity index (χ2v) is 19.4. The molecule has 0 aliphatic heterocycles. The first-order valence-corrected chi connectivity index (χ1v) is 28.5. The van der Waals surface area contributed by atoms with Crippen LogP contribution in [0.1, 0.15) is 309 Å². The van der Waals surface area contributed by atoms with Gasteiger partial charge in [0.15, 0.2) is 6.10 Å². The zero-order valence-corrected chi connectivity index (χ0v) is 43.1. The van der Waals surface area contributed by atoms with Gasteiger partial charge in [-0.1, -0.05) is 262 Å². The monoisotopic (exact) mass is 899 g/mol. The number of esters is 2. The first-order valence-electron chi connectivity index (χ1n) is 28.5. The fourth-order valence-electron chi connectivity index (χ4n) is 8.58. The van der Waals surface area contributed by atoms with Crippen molar-refractivity contribution in [2.75, 3.05) is 13.2 Å². The lowest BCUT2D eigenvalue weighted by atomic mass is 10.0. The number of carbonyl (C=O) groups is 2. The van der Waals surface area contributed by atoms with E-state index in [1.54, 1.807) is 0 Å². The molecule has 64 heavy (non-hydrogen) atoms. The summed E-state index contributed by atoms with van der Waals surface area (Å²) in [5.74, 6) is -0.580. The maximum atomic E-state index is 12.3. The van der Waals surface area contributed by atoms with Crippen LogP contribution in [0.4, 0.5) is 0 Å². The number of hydrogen-bond acceptors (Lipinski definition) is 5. The van der Waals surface area contributed by atoms with E-state index in [9.17, 15) is 14.7 Å². The average Bonchev–Trinajstić information content (AvgIpc) is 3.30. The molecule has 0 rings (SSSR count). The van der Waals surface area contributed by atoms with Crippen LogP contribution < -0.4 is 0 Å². The Balaban J connectivity index is 3.42. The van der Waals surface area contributed by atoms with Gasteiger partial charge < -0.3 is 14.6 Å². The summed E-state index contributed by atoms with van der Waals surface area (Å²) in [5.41, 5.74) is 0. The Morgan fingerprint density at radius 1 is 0.359 bits per heavy atom. The molecular formula is C59H110O5. The third kappa shape index (κ3) is 52.7. The normalized spacial score (nSPS) is 12.4. The summed E-state index contributed by atoms with van der Waals surface area (Å²) >= 11 is 0. The molecule has 5 heteroatoms. The average molecular weight is 900 g/mol. The molecule has 0 spiro atoms. The fraction of sp³-hybridized carbons (Fsp3) is 0.864. The van der Waals surface area contributed by atoms with Crippen molar-refractivity contribution in [3.05, 3.63) is 36.5 Å². The molecule has 0 bridgehead atoms. The van der Waals surface area contributed by atoms with E-state index >= 15 is 0 Å². The lowest BCUT2D eigenvalue weighted by Crippen LogP contribution is -2.28. The van der Waals surface area contributed by atoms with Crippen LogP contribution in [0.15, 0.2) is 36.5 Å². The van der Waals surface area contributed by atoms with Crippen molar-refractivity contribution in [1.29, 1.82) is 0 Å². The molecule has 0 aromatic carbocycles. The van der Waals surface area contributed by atoms with E-state index in [0.717, 1.165) is 44.9 Å². The zero-order chi connectivity index (χ0) is 46.3. The van der Waals surface area contributed by atoms with Gasteiger partial charge in [-0.05, 0) is 70.6 Å². The third-order valence-corrected chi connectivity index (χ3v) is 12.9. The van der Waals surface area contributed by atoms with Crippen LogP contribution in [-0.2, 0) is 19.1 Å². The summed E-state index contributed by atoms with van der Waals surface area (Å²) in [7, 11) is 0. The minimum atomic E-state index is -0.772. The second kappa shape index (κ2) is 55.4. The number of rotatable bonds is 53. The Bertz CT molecular complexity index is 1020. The first-order chi connectivity index (χ1) is 31.6. The Morgan fingerprint density at radius 2 is 0.625 bits per heavy atom. The van der Waals surface area contributed by atoms with Crippen LogP contribution >= 0.6 is 0 Å². The number of hydrogen-bond donors (Lipinski definition) is 1. The van der Waals surface area contributed by atoms with E-state index in [2.05, 4.69) is 50.3 Å². The van der Waals surface area contributed by atoms with Crippen LogP contribution in [0.3, 0.4) is 0 Å². The van der Waals surface area contributed by atoms with Crippen LogP contribution in [0.2, 0.25) is 0 Å². The number of ether oxygens (including phenoxy) is 2. The van der Waals surface area contributed by atoms with Crippen LogP contribution in [0.25, 0.3) is 0 Å². The summed E-state index contributed by atoms with van der Waals surface area (Å²) in [6, 6.07) is 0. The lowest BCUT2D eigenvalue weighted by Gasteiger charge is -2.15. The van der Waals surface area contributed by atoms with Gasteiger partial charge in [-0.3, -0.25) is 9.59 Å². The fourth-order valence-corrected chi connectivity index (χ4v) is 8.58. The Hall–Kier alpha value is -1.88. The van der Waals surface area contributed by atoms with Crippen LogP contribution in [0, 0.1) is 0 Å². The standard InChI is InChI=1S/C59H110O5/c1-3-5-7-9-11-13-15-17-19-21-23-24-25-26-27-28-29-30-31-32-33-34-36-37-39-41-43-45-47-49-51-53-58(61)63-56-57(55-60)64-59(62)54-52-50-48-46-44-42-40-38-35-22-20-18-16-14-12-10-8-6-4-2/h12,14,18,20-21,23,57,60H,3-11,13,15-17,19,22,24-56H2,1-2H3/b14-12-,20-18-,23-21-. The zero-order valence-electron chi connectivity index (χ0n) is 43.1. The van der Waals surface area contributed by atoms with Gasteiger partial charge >= 0.3 is 11.9 Å². The summed E-state index contributed by atoms with van der Waals surface area (Å²) in [6.07, 6.45) is 71.3. The summed E-state index contributed by atoms with van der Waals surface area (Å²) in [5, 5.41) is 9.64. The molecule has 0 saturated heterocycles. The minimum absolute atomic E-state index is 0.0635. The number of aliphatic hydroxyl groups is 1. The van der Waals surface area contributed by atoms with Gasteiger partial charge in [0, 0.05) is 12.8 Å². The van der Waals surface area contributed by atoms with Gasteiger partial charge in [0.1, 0.15) is 6.61 Å². The van der Waals surface area contributed by atoms with Crippen LogP contribution in [-0.4, -0.2) is 36.4 Å².